The van der Waals surface area contributed by atoms with Crippen molar-refractivity contribution in [2.45, 2.75) is 12.5 Å². The average molecular weight is 321 g/mol. The van der Waals surface area contributed by atoms with Crippen molar-refractivity contribution in [1.29, 1.82) is 0 Å². The van der Waals surface area contributed by atoms with Crippen molar-refractivity contribution in [1.82, 2.24) is 15.0 Å². The van der Waals surface area contributed by atoms with Crippen LogP contribution >= 0.6 is 11.3 Å². The fourth-order valence-electron chi connectivity index (χ4n) is 2.12. The normalized spacial score (nSPS) is 11.7. The third-order valence-corrected chi connectivity index (χ3v) is 4.01. The van der Waals surface area contributed by atoms with Crippen LogP contribution in [0.1, 0.15) is 22.9 Å². The fourth-order valence-corrected chi connectivity index (χ4v) is 2.89. The van der Waals surface area contributed by atoms with Gasteiger partial charge >= 0.3 is 0 Å². The minimum absolute atomic E-state index is 0.188. The average Bonchev–Trinajstić information content (AvgIpc) is 3.04. The van der Waals surface area contributed by atoms with Crippen molar-refractivity contribution < 1.29 is 0 Å². The summed E-state index contributed by atoms with van der Waals surface area (Å²) in [4.78, 5) is 12.7. The quantitative estimate of drug-likeness (QED) is 0.707. The van der Waals surface area contributed by atoms with Crippen LogP contribution in [0.4, 0.5) is 11.1 Å². The number of hydrogen-bond donors (Lipinski definition) is 2. The highest BCUT2D eigenvalue weighted by molar-refractivity contribution is 7.13. The molecule has 0 aliphatic rings. The molecule has 2 aromatic heterocycles. The summed E-state index contributed by atoms with van der Waals surface area (Å²) in [5.41, 5.74) is 9.05. The second-order valence-electron chi connectivity index (χ2n) is 4.93. The van der Waals surface area contributed by atoms with Crippen LogP contribution in [0.5, 0.6) is 0 Å². The summed E-state index contributed by atoms with van der Waals surface area (Å²) >= 11 is 1.48. The summed E-state index contributed by atoms with van der Waals surface area (Å²) < 4.78 is 0. The van der Waals surface area contributed by atoms with E-state index in [0.29, 0.717) is 12.4 Å². The van der Waals surface area contributed by atoms with E-state index in [-0.39, 0.29) is 6.04 Å². The molecule has 0 unspecified atom stereocenters. The Bertz CT molecular complexity index is 822. The SMILES string of the molecule is C#Cc1cccc(C[C@@H](N)c2csc(Nc3ncccn3)n2)c1. The molecule has 1 atom stereocenters. The molecule has 0 radical (unpaired) electrons. The lowest BCUT2D eigenvalue weighted by molar-refractivity contribution is 0.702. The van der Waals surface area contributed by atoms with Crippen LogP contribution in [0, 0.1) is 12.3 Å². The number of terminal acetylenes is 1. The number of rotatable bonds is 5. The van der Waals surface area contributed by atoms with E-state index < -0.39 is 0 Å². The van der Waals surface area contributed by atoms with Gasteiger partial charge in [-0.15, -0.1) is 17.8 Å². The number of nitrogens with two attached hydrogens (primary N) is 1. The molecule has 5 nitrogen and oxygen atoms in total. The molecule has 6 heteroatoms. The topological polar surface area (TPSA) is 76.7 Å². The Labute approximate surface area is 138 Å². The predicted octanol–water partition coefficient (Wildman–Crippen LogP) is 2.90. The second-order valence-corrected chi connectivity index (χ2v) is 5.79. The first-order valence-corrected chi connectivity index (χ1v) is 7.93. The van der Waals surface area contributed by atoms with Crippen molar-refractivity contribution in [2.75, 3.05) is 5.32 Å². The molecule has 3 N–H and O–H groups in total. The third kappa shape index (κ3) is 3.92. The van der Waals surface area contributed by atoms with Crippen molar-refractivity contribution >= 4 is 22.4 Å². The van der Waals surface area contributed by atoms with E-state index >= 15 is 0 Å². The number of aromatic nitrogens is 3. The van der Waals surface area contributed by atoms with Gasteiger partial charge in [0.05, 0.1) is 11.7 Å². The summed E-state index contributed by atoms with van der Waals surface area (Å²) in [5, 5.41) is 5.73. The number of thiazole rings is 1. The number of hydrogen-bond acceptors (Lipinski definition) is 6. The zero-order chi connectivity index (χ0) is 16.1. The van der Waals surface area contributed by atoms with Gasteiger partial charge in [-0.25, -0.2) is 15.0 Å². The molecule has 0 amide bonds. The van der Waals surface area contributed by atoms with Crippen molar-refractivity contribution in [3.05, 3.63) is 64.9 Å². The molecule has 0 aliphatic heterocycles. The standard InChI is InChI=1S/C17H15N5S/c1-2-12-5-3-6-13(9-12)10-14(18)15-11-23-17(21-15)22-16-19-7-4-8-20-16/h1,3-9,11,14H,10,18H2,(H,19,20,21,22)/t14-/m1/s1. The molecule has 0 bridgehead atoms. The summed E-state index contributed by atoms with van der Waals surface area (Å²) in [6.45, 7) is 0. The van der Waals surface area contributed by atoms with Crippen LogP contribution < -0.4 is 11.1 Å². The first kappa shape index (κ1) is 15.2. The lowest BCUT2D eigenvalue weighted by Gasteiger charge is -2.09. The smallest absolute Gasteiger partial charge is 0.228 e. The Morgan fingerprint density at radius 1 is 1.26 bits per heavy atom. The van der Waals surface area contributed by atoms with Crippen molar-refractivity contribution in [3.8, 4) is 12.3 Å². The molecular formula is C17H15N5S. The van der Waals surface area contributed by atoms with Gasteiger partial charge in [-0.1, -0.05) is 18.1 Å². The second kappa shape index (κ2) is 7.01. The maximum atomic E-state index is 6.26. The summed E-state index contributed by atoms with van der Waals surface area (Å²) in [7, 11) is 0. The molecule has 0 fully saturated rings. The minimum atomic E-state index is -0.188. The van der Waals surface area contributed by atoms with Crippen LogP contribution in [0.2, 0.25) is 0 Å². The molecule has 0 saturated heterocycles. The molecule has 23 heavy (non-hydrogen) atoms. The molecule has 0 saturated carbocycles. The summed E-state index contributed by atoms with van der Waals surface area (Å²) in [6.07, 6.45) is 9.46. The summed E-state index contributed by atoms with van der Waals surface area (Å²) in [6, 6.07) is 9.41. The van der Waals surface area contributed by atoms with Crippen LogP contribution in [0.3, 0.4) is 0 Å². The van der Waals surface area contributed by atoms with E-state index in [1.54, 1.807) is 18.5 Å². The van der Waals surface area contributed by atoms with E-state index in [0.717, 1.165) is 22.0 Å². The maximum Gasteiger partial charge on any atom is 0.228 e. The molecule has 2 heterocycles. The van der Waals surface area contributed by atoms with Crippen LogP contribution in [-0.4, -0.2) is 15.0 Å². The molecular weight excluding hydrogens is 306 g/mol. The van der Waals surface area contributed by atoms with Gasteiger partial charge < -0.3 is 11.1 Å². The Balaban J connectivity index is 1.68. The molecule has 3 rings (SSSR count). The van der Waals surface area contributed by atoms with Gasteiger partial charge in [0.1, 0.15) is 0 Å². The molecule has 1 aromatic carbocycles. The van der Waals surface area contributed by atoms with Gasteiger partial charge in [0.15, 0.2) is 5.13 Å². The van der Waals surface area contributed by atoms with Crippen molar-refractivity contribution in [3.63, 3.8) is 0 Å². The summed E-state index contributed by atoms with van der Waals surface area (Å²) in [5.74, 6) is 3.15. The maximum absolute atomic E-state index is 6.26. The van der Waals surface area contributed by atoms with Crippen molar-refractivity contribution in [2.24, 2.45) is 5.73 Å². The lowest BCUT2D eigenvalue weighted by atomic mass is 10.0. The van der Waals surface area contributed by atoms with Gasteiger partial charge in [0, 0.05) is 23.3 Å². The highest BCUT2D eigenvalue weighted by Gasteiger charge is 2.12. The lowest BCUT2D eigenvalue weighted by Crippen LogP contribution is -2.14. The number of nitrogens with one attached hydrogen (secondary N) is 1. The molecule has 0 aliphatic carbocycles. The zero-order valence-electron chi connectivity index (χ0n) is 12.3. The highest BCUT2D eigenvalue weighted by atomic mass is 32.1. The number of benzene rings is 1. The van der Waals surface area contributed by atoms with Gasteiger partial charge in [-0.3, -0.25) is 0 Å². The highest BCUT2D eigenvalue weighted by Crippen LogP contribution is 2.23. The molecule has 114 valence electrons. The largest absolute Gasteiger partial charge is 0.322 e. The zero-order valence-corrected chi connectivity index (χ0v) is 13.1. The van der Waals surface area contributed by atoms with E-state index in [1.807, 2.05) is 29.6 Å². The Hall–Kier alpha value is -2.75. The monoisotopic (exact) mass is 321 g/mol. The van der Waals surface area contributed by atoms with Gasteiger partial charge in [-0.05, 0) is 30.2 Å². The van der Waals surface area contributed by atoms with Gasteiger partial charge in [-0.2, -0.15) is 0 Å². The number of nitrogens with zero attached hydrogens (tertiary/aromatic N) is 3. The van der Waals surface area contributed by atoms with Gasteiger partial charge in [0.2, 0.25) is 5.95 Å². The van der Waals surface area contributed by atoms with Crippen LogP contribution in [0.25, 0.3) is 0 Å². The van der Waals surface area contributed by atoms with E-state index in [2.05, 4.69) is 26.2 Å². The Morgan fingerprint density at radius 3 is 2.87 bits per heavy atom. The molecule has 0 spiro atoms. The van der Waals surface area contributed by atoms with E-state index in [1.165, 1.54) is 11.3 Å². The Kier molecular flexibility index (Phi) is 4.62. The van der Waals surface area contributed by atoms with Gasteiger partial charge in [0.25, 0.3) is 0 Å². The number of anilines is 2. The third-order valence-electron chi connectivity index (χ3n) is 3.24. The minimum Gasteiger partial charge on any atom is -0.322 e. The van der Waals surface area contributed by atoms with Crippen LogP contribution in [0.15, 0.2) is 48.1 Å². The van der Waals surface area contributed by atoms with Crippen LogP contribution in [-0.2, 0) is 6.42 Å². The first-order chi connectivity index (χ1) is 11.2. The first-order valence-electron chi connectivity index (χ1n) is 7.05. The fraction of sp³-hybridized carbons (Fsp3) is 0.118. The van der Waals surface area contributed by atoms with E-state index in [4.69, 9.17) is 12.2 Å². The van der Waals surface area contributed by atoms with E-state index in [9.17, 15) is 0 Å². The molecule has 3 aromatic rings. The predicted molar refractivity (Wildman–Crippen MR) is 92.4 cm³/mol. The Morgan fingerprint density at radius 2 is 2.09 bits per heavy atom.